The summed E-state index contributed by atoms with van der Waals surface area (Å²) < 4.78 is 30.6. The molecule has 0 amide bonds. The van der Waals surface area contributed by atoms with Gasteiger partial charge in [-0.2, -0.15) is 13.9 Å². The molecule has 0 fully saturated rings. The second kappa shape index (κ2) is 7.00. The number of hydrogen-bond donors (Lipinski definition) is 1. The number of ether oxygens (including phenoxy) is 1. The van der Waals surface area contributed by atoms with Gasteiger partial charge < -0.3 is 10.1 Å². The average molecular weight is 281 g/mol. The van der Waals surface area contributed by atoms with Gasteiger partial charge >= 0.3 is 6.61 Å². The van der Waals surface area contributed by atoms with Crippen LogP contribution in [0.1, 0.15) is 18.5 Å². The second-order valence-corrected chi connectivity index (χ2v) is 4.40. The van der Waals surface area contributed by atoms with Gasteiger partial charge in [-0.1, -0.05) is 12.1 Å². The molecule has 1 aromatic heterocycles. The Kier molecular flexibility index (Phi) is 5.06. The number of halogens is 2. The van der Waals surface area contributed by atoms with Gasteiger partial charge in [0.2, 0.25) is 0 Å². The topological polar surface area (TPSA) is 39.1 Å². The van der Waals surface area contributed by atoms with Crippen molar-refractivity contribution in [3.05, 3.63) is 48.3 Å². The Morgan fingerprint density at radius 3 is 2.90 bits per heavy atom. The SMILES string of the molecule is CC(NCCn1cccn1)c1cccc(OC(F)F)c1. The standard InChI is InChI=1S/C14H17F2N3O/c1-11(17-7-9-19-8-3-6-18-19)12-4-2-5-13(10-12)20-14(15)16/h2-6,8,10-11,14,17H,7,9H2,1H3. The van der Waals surface area contributed by atoms with E-state index in [0.29, 0.717) is 0 Å². The third-order valence-corrected chi connectivity index (χ3v) is 2.93. The molecule has 0 radical (unpaired) electrons. The zero-order valence-corrected chi connectivity index (χ0v) is 11.2. The van der Waals surface area contributed by atoms with Gasteiger partial charge in [0, 0.05) is 25.0 Å². The minimum absolute atomic E-state index is 0.0479. The van der Waals surface area contributed by atoms with Crippen molar-refractivity contribution < 1.29 is 13.5 Å². The van der Waals surface area contributed by atoms with Gasteiger partial charge in [0.15, 0.2) is 0 Å². The van der Waals surface area contributed by atoms with Crippen LogP contribution in [0.3, 0.4) is 0 Å². The molecular weight excluding hydrogens is 264 g/mol. The lowest BCUT2D eigenvalue weighted by molar-refractivity contribution is -0.0499. The van der Waals surface area contributed by atoms with Crippen LogP contribution in [-0.4, -0.2) is 22.9 Å². The normalized spacial score (nSPS) is 12.6. The Hall–Kier alpha value is -1.95. The molecule has 0 aliphatic heterocycles. The summed E-state index contributed by atoms with van der Waals surface area (Å²) in [5, 5.41) is 7.42. The summed E-state index contributed by atoms with van der Waals surface area (Å²) in [5.41, 5.74) is 0.906. The van der Waals surface area contributed by atoms with Gasteiger partial charge in [0.1, 0.15) is 5.75 Å². The lowest BCUT2D eigenvalue weighted by Gasteiger charge is -2.15. The largest absolute Gasteiger partial charge is 0.435 e. The minimum atomic E-state index is -2.80. The molecule has 1 aromatic carbocycles. The van der Waals surface area contributed by atoms with Gasteiger partial charge in [0.25, 0.3) is 0 Å². The second-order valence-electron chi connectivity index (χ2n) is 4.40. The Morgan fingerprint density at radius 2 is 2.20 bits per heavy atom. The summed E-state index contributed by atoms with van der Waals surface area (Å²) in [5.74, 6) is 0.179. The van der Waals surface area contributed by atoms with E-state index in [1.165, 1.54) is 6.07 Å². The van der Waals surface area contributed by atoms with Crippen LogP contribution >= 0.6 is 0 Å². The molecule has 0 spiro atoms. The fourth-order valence-corrected chi connectivity index (χ4v) is 1.91. The third kappa shape index (κ3) is 4.31. The Labute approximate surface area is 116 Å². The highest BCUT2D eigenvalue weighted by Crippen LogP contribution is 2.20. The highest BCUT2D eigenvalue weighted by atomic mass is 19.3. The van der Waals surface area contributed by atoms with Gasteiger partial charge in [0.05, 0.1) is 6.54 Å². The van der Waals surface area contributed by atoms with Crippen LogP contribution in [0.2, 0.25) is 0 Å². The third-order valence-electron chi connectivity index (χ3n) is 2.93. The molecule has 1 atom stereocenters. The molecule has 0 aliphatic rings. The molecule has 0 aliphatic carbocycles. The fourth-order valence-electron chi connectivity index (χ4n) is 1.91. The van der Waals surface area contributed by atoms with Crippen molar-refractivity contribution in [2.24, 2.45) is 0 Å². The van der Waals surface area contributed by atoms with Crippen LogP contribution in [0.4, 0.5) is 8.78 Å². The Morgan fingerprint density at radius 1 is 1.35 bits per heavy atom. The average Bonchev–Trinajstić information content (AvgIpc) is 2.91. The molecule has 4 nitrogen and oxygen atoms in total. The first-order valence-electron chi connectivity index (χ1n) is 6.41. The van der Waals surface area contributed by atoms with Gasteiger partial charge in [-0.3, -0.25) is 4.68 Å². The molecule has 0 bridgehead atoms. The molecular formula is C14H17F2N3O. The number of hydrogen-bond acceptors (Lipinski definition) is 3. The number of rotatable bonds is 7. The molecule has 1 N–H and O–H groups in total. The van der Waals surface area contributed by atoms with Gasteiger partial charge in [-0.25, -0.2) is 0 Å². The van der Waals surface area contributed by atoms with Crippen molar-refractivity contribution >= 4 is 0 Å². The first-order valence-corrected chi connectivity index (χ1v) is 6.41. The maximum atomic E-state index is 12.2. The highest BCUT2D eigenvalue weighted by molar-refractivity contribution is 5.30. The number of aromatic nitrogens is 2. The maximum absolute atomic E-state index is 12.2. The van der Waals surface area contributed by atoms with Crippen LogP contribution < -0.4 is 10.1 Å². The van der Waals surface area contributed by atoms with E-state index in [2.05, 4.69) is 15.2 Å². The summed E-state index contributed by atoms with van der Waals surface area (Å²) >= 11 is 0. The van der Waals surface area contributed by atoms with Crippen molar-refractivity contribution in [1.29, 1.82) is 0 Å². The van der Waals surface area contributed by atoms with Crippen molar-refractivity contribution in [3.63, 3.8) is 0 Å². The summed E-state index contributed by atoms with van der Waals surface area (Å²) in [6, 6.07) is 8.65. The van der Waals surface area contributed by atoms with E-state index in [4.69, 9.17) is 0 Å². The van der Waals surface area contributed by atoms with Crippen LogP contribution in [0.15, 0.2) is 42.7 Å². The molecule has 108 valence electrons. The summed E-state index contributed by atoms with van der Waals surface area (Å²) in [6.45, 7) is 0.672. The number of nitrogens with one attached hydrogen (secondary N) is 1. The van der Waals surface area contributed by atoms with E-state index < -0.39 is 6.61 Å². The lowest BCUT2D eigenvalue weighted by Crippen LogP contribution is -2.23. The molecule has 2 rings (SSSR count). The molecule has 1 heterocycles. The molecule has 0 saturated carbocycles. The Balaban J connectivity index is 1.86. The smallest absolute Gasteiger partial charge is 0.387 e. The van der Waals surface area contributed by atoms with E-state index in [1.807, 2.05) is 29.9 Å². The first-order chi connectivity index (χ1) is 9.65. The van der Waals surface area contributed by atoms with Crippen LogP contribution in [0.25, 0.3) is 0 Å². The molecule has 6 heteroatoms. The predicted octanol–water partition coefficient (Wildman–Crippen LogP) is 2.84. The van der Waals surface area contributed by atoms with Crippen LogP contribution in [0, 0.1) is 0 Å². The molecule has 20 heavy (non-hydrogen) atoms. The zero-order chi connectivity index (χ0) is 14.4. The zero-order valence-electron chi connectivity index (χ0n) is 11.2. The van der Waals surface area contributed by atoms with E-state index in [-0.39, 0.29) is 11.8 Å². The minimum Gasteiger partial charge on any atom is -0.435 e. The van der Waals surface area contributed by atoms with Crippen LogP contribution in [0.5, 0.6) is 5.75 Å². The maximum Gasteiger partial charge on any atom is 0.387 e. The van der Waals surface area contributed by atoms with E-state index in [1.54, 1.807) is 18.3 Å². The summed E-state index contributed by atoms with van der Waals surface area (Å²) in [4.78, 5) is 0. The quantitative estimate of drug-likeness (QED) is 0.848. The van der Waals surface area contributed by atoms with E-state index in [9.17, 15) is 8.78 Å². The van der Waals surface area contributed by atoms with E-state index >= 15 is 0 Å². The highest BCUT2D eigenvalue weighted by Gasteiger charge is 2.08. The van der Waals surface area contributed by atoms with Crippen molar-refractivity contribution in [2.75, 3.05) is 6.54 Å². The van der Waals surface area contributed by atoms with Crippen molar-refractivity contribution in [2.45, 2.75) is 26.1 Å². The number of nitrogens with zero attached hydrogens (tertiary/aromatic N) is 2. The van der Waals surface area contributed by atoms with Gasteiger partial charge in [-0.15, -0.1) is 0 Å². The van der Waals surface area contributed by atoms with Crippen molar-refractivity contribution in [1.82, 2.24) is 15.1 Å². The van der Waals surface area contributed by atoms with Gasteiger partial charge in [-0.05, 0) is 30.7 Å². The first kappa shape index (κ1) is 14.5. The molecule has 1 unspecified atom stereocenters. The van der Waals surface area contributed by atoms with Crippen LogP contribution in [-0.2, 0) is 6.54 Å². The summed E-state index contributed by atoms with van der Waals surface area (Å²) in [6.07, 6.45) is 3.62. The molecule has 2 aromatic rings. The summed E-state index contributed by atoms with van der Waals surface area (Å²) in [7, 11) is 0. The molecule has 0 saturated heterocycles. The monoisotopic (exact) mass is 281 g/mol. The fraction of sp³-hybridized carbons (Fsp3) is 0.357. The predicted molar refractivity (Wildman–Crippen MR) is 71.7 cm³/mol. The van der Waals surface area contributed by atoms with E-state index in [0.717, 1.165) is 18.7 Å². The number of alkyl halides is 2. The Bertz CT molecular complexity index is 517. The lowest BCUT2D eigenvalue weighted by atomic mass is 10.1. The number of benzene rings is 1. The van der Waals surface area contributed by atoms with Crippen molar-refractivity contribution in [3.8, 4) is 5.75 Å².